The highest BCUT2D eigenvalue weighted by Crippen LogP contribution is 2.36. The summed E-state index contributed by atoms with van der Waals surface area (Å²) < 4.78 is 13.6. The monoisotopic (exact) mass is 619 g/mol. The minimum Gasteiger partial charge on any atom is -0.493 e. The molecule has 1 aromatic heterocycles. The predicted octanol–water partition coefficient (Wildman–Crippen LogP) is 9.20. The van der Waals surface area contributed by atoms with Crippen molar-refractivity contribution in [2.24, 2.45) is 0 Å². The lowest BCUT2D eigenvalue weighted by molar-refractivity contribution is 0.103. The first-order valence-corrected chi connectivity index (χ1v) is 15.0. The molecule has 3 aromatic rings. The van der Waals surface area contributed by atoms with Crippen LogP contribution in [0.3, 0.4) is 0 Å². The zero-order chi connectivity index (χ0) is 25.9. The third kappa shape index (κ3) is 7.69. The van der Waals surface area contributed by atoms with Crippen LogP contribution in [0.15, 0.2) is 49.8 Å². The number of ether oxygens (including phenoxy) is 1. The molecule has 2 aromatic carbocycles. The number of carbonyl (C=O) groups excluding carboxylic acids is 1. The van der Waals surface area contributed by atoms with E-state index < -0.39 is 0 Å². The fourth-order valence-corrected chi connectivity index (χ4v) is 5.92. The minimum absolute atomic E-state index is 0.0427. The molecule has 0 N–H and O–H groups in total. The lowest BCUT2D eigenvalue weighted by atomic mass is 9.98. The second-order valence-electron chi connectivity index (χ2n) is 9.34. The van der Waals surface area contributed by atoms with E-state index >= 15 is 0 Å². The van der Waals surface area contributed by atoms with Crippen LogP contribution in [0.1, 0.15) is 87.4 Å². The van der Waals surface area contributed by atoms with Gasteiger partial charge in [-0.25, -0.2) is 0 Å². The topological polar surface area (TPSA) is 42.7 Å². The molecule has 0 saturated carbocycles. The van der Waals surface area contributed by atoms with E-state index in [2.05, 4.69) is 57.5 Å². The van der Waals surface area contributed by atoms with E-state index in [1.165, 1.54) is 25.7 Å². The average molecular weight is 621 g/mol. The molecule has 0 aliphatic carbocycles. The van der Waals surface area contributed by atoms with Crippen molar-refractivity contribution in [2.75, 3.05) is 26.2 Å². The summed E-state index contributed by atoms with van der Waals surface area (Å²) in [4.78, 5) is 16.4. The zero-order valence-corrected chi connectivity index (χ0v) is 25.0. The molecule has 6 heteroatoms. The highest BCUT2D eigenvalue weighted by atomic mass is 79.9. The van der Waals surface area contributed by atoms with Crippen molar-refractivity contribution in [1.82, 2.24) is 4.90 Å². The second-order valence-corrected chi connectivity index (χ2v) is 11.1. The van der Waals surface area contributed by atoms with Crippen LogP contribution in [0, 0.1) is 0 Å². The maximum Gasteiger partial charge on any atom is 0.199 e. The molecular weight excluding hydrogens is 582 g/mol. The average Bonchev–Trinajstić information content (AvgIpc) is 3.24. The second kappa shape index (κ2) is 14.9. The number of halogens is 2. The van der Waals surface area contributed by atoms with Gasteiger partial charge in [0, 0.05) is 27.3 Å². The Bertz CT molecular complexity index is 1090. The van der Waals surface area contributed by atoms with E-state index in [4.69, 9.17) is 9.15 Å². The summed E-state index contributed by atoms with van der Waals surface area (Å²) in [5, 5.41) is 0.864. The van der Waals surface area contributed by atoms with Crippen LogP contribution >= 0.6 is 31.9 Å². The molecule has 0 spiro atoms. The fraction of sp³-hybridized carbons (Fsp3) is 0.500. The quantitative estimate of drug-likeness (QED) is 0.118. The largest absolute Gasteiger partial charge is 0.493 e. The van der Waals surface area contributed by atoms with Crippen molar-refractivity contribution < 1.29 is 13.9 Å². The molecule has 0 radical (unpaired) electrons. The van der Waals surface area contributed by atoms with Crippen molar-refractivity contribution in [3.05, 3.63) is 62.2 Å². The molecule has 0 atom stereocenters. The van der Waals surface area contributed by atoms with Crippen LogP contribution < -0.4 is 4.74 Å². The lowest BCUT2D eigenvalue weighted by Gasteiger charge is -2.22. The van der Waals surface area contributed by atoms with Crippen LogP contribution in [0.5, 0.6) is 5.75 Å². The molecule has 196 valence electrons. The maximum atomic E-state index is 13.8. The van der Waals surface area contributed by atoms with Crippen LogP contribution in [0.25, 0.3) is 11.0 Å². The summed E-state index contributed by atoms with van der Waals surface area (Å²) in [7, 11) is 0. The first-order chi connectivity index (χ1) is 17.5. The van der Waals surface area contributed by atoms with E-state index in [9.17, 15) is 4.79 Å². The van der Waals surface area contributed by atoms with Crippen molar-refractivity contribution in [2.45, 2.75) is 72.1 Å². The first-order valence-electron chi connectivity index (χ1n) is 13.4. The number of unbranched alkanes of at least 4 members (excludes halogenated alkanes) is 3. The summed E-state index contributed by atoms with van der Waals surface area (Å²) >= 11 is 7.29. The van der Waals surface area contributed by atoms with Gasteiger partial charge < -0.3 is 14.1 Å². The molecule has 0 bridgehead atoms. The van der Waals surface area contributed by atoms with Crippen LogP contribution in [0.4, 0.5) is 0 Å². The number of rotatable bonds is 16. The Morgan fingerprint density at radius 2 is 1.47 bits per heavy atom. The number of nitrogens with zero attached hydrogens (tertiary/aromatic N) is 1. The molecular formula is C30H39Br2NO3. The minimum atomic E-state index is -0.0427. The van der Waals surface area contributed by atoms with Gasteiger partial charge >= 0.3 is 0 Å². The normalized spacial score (nSPS) is 11.5. The number of furan rings is 1. The maximum absolute atomic E-state index is 13.8. The Labute approximate surface area is 233 Å². The smallest absolute Gasteiger partial charge is 0.199 e. The third-order valence-corrected chi connectivity index (χ3v) is 7.69. The number of aryl methyl sites for hydroxylation is 1. The highest BCUT2D eigenvalue weighted by Gasteiger charge is 2.25. The van der Waals surface area contributed by atoms with Gasteiger partial charge in [0.1, 0.15) is 17.1 Å². The van der Waals surface area contributed by atoms with Gasteiger partial charge in [-0.1, -0.05) is 58.2 Å². The number of fused-ring (bicyclic) bond motifs is 1. The van der Waals surface area contributed by atoms with Crippen LogP contribution in [-0.4, -0.2) is 36.9 Å². The lowest BCUT2D eigenvalue weighted by Crippen LogP contribution is -2.28. The van der Waals surface area contributed by atoms with Gasteiger partial charge in [-0.15, -0.1) is 0 Å². The Hall–Kier alpha value is -1.63. The predicted molar refractivity (Wildman–Crippen MR) is 156 cm³/mol. The van der Waals surface area contributed by atoms with Gasteiger partial charge in [-0.2, -0.15) is 0 Å². The van der Waals surface area contributed by atoms with Crippen molar-refractivity contribution in [1.29, 1.82) is 0 Å². The molecule has 0 fully saturated rings. The zero-order valence-electron chi connectivity index (χ0n) is 21.9. The number of hydrogen-bond acceptors (Lipinski definition) is 4. The van der Waals surface area contributed by atoms with E-state index in [-0.39, 0.29) is 5.78 Å². The van der Waals surface area contributed by atoms with E-state index in [1.807, 2.05) is 36.4 Å². The van der Waals surface area contributed by atoms with Gasteiger partial charge in [0.05, 0.1) is 17.7 Å². The van der Waals surface area contributed by atoms with Gasteiger partial charge in [-0.05, 0) is 88.8 Å². The molecule has 0 amide bonds. The van der Waals surface area contributed by atoms with E-state index in [0.717, 1.165) is 76.7 Å². The van der Waals surface area contributed by atoms with Gasteiger partial charge in [0.2, 0.25) is 0 Å². The van der Waals surface area contributed by atoms with Gasteiger partial charge in [0.15, 0.2) is 5.78 Å². The number of ketones is 1. The first kappa shape index (κ1) is 28.9. The van der Waals surface area contributed by atoms with E-state index in [0.29, 0.717) is 17.7 Å². The summed E-state index contributed by atoms with van der Waals surface area (Å²) in [5.74, 6) is 1.47. The summed E-state index contributed by atoms with van der Waals surface area (Å²) in [6.45, 7) is 10.6. The van der Waals surface area contributed by atoms with E-state index in [1.54, 1.807) is 0 Å². The number of benzene rings is 2. The van der Waals surface area contributed by atoms with Gasteiger partial charge in [-0.3, -0.25) is 4.79 Å². The fourth-order valence-electron chi connectivity index (χ4n) is 4.41. The molecule has 3 rings (SSSR count). The highest BCUT2D eigenvalue weighted by molar-refractivity contribution is 9.11. The Kier molecular flexibility index (Phi) is 12.0. The molecule has 4 nitrogen and oxygen atoms in total. The SMILES string of the molecule is CCCCc1oc2ccccc2c1C(=O)c1c(Br)cc(OCCCN(CCCC)CCCC)cc1Br. The van der Waals surface area contributed by atoms with Crippen molar-refractivity contribution >= 4 is 48.6 Å². The summed E-state index contributed by atoms with van der Waals surface area (Å²) in [6.07, 6.45) is 8.67. The molecule has 0 saturated heterocycles. The number of carbonyl (C=O) groups is 1. The van der Waals surface area contributed by atoms with Crippen LogP contribution in [0.2, 0.25) is 0 Å². The number of para-hydroxylation sites is 1. The molecule has 1 heterocycles. The van der Waals surface area contributed by atoms with Crippen molar-refractivity contribution in [3.8, 4) is 5.75 Å². The Morgan fingerprint density at radius 3 is 2.11 bits per heavy atom. The standard InChI is InChI=1S/C30H39Br2NO3/c1-4-7-14-27-28(23-13-10-11-15-26(23)36-27)30(34)29-24(31)20-22(21-25(29)32)35-19-12-18-33(16-8-5-2)17-9-6-3/h10-11,13,15,20-21H,4-9,12,14,16-19H2,1-3H3. The molecule has 0 aliphatic rings. The van der Waals surface area contributed by atoms with Crippen LogP contribution in [-0.2, 0) is 6.42 Å². The number of hydrogen-bond donors (Lipinski definition) is 0. The molecule has 0 aliphatic heterocycles. The third-order valence-electron chi connectivity index (χ3n) is 6.44. The summed E-state index contributed by atoms with van der Waals surface area (Å²) in [5.41, 5.74) is 2.01. The van der Waals surface area contributed by atoms with Crippen molar-refractivity contribution in [3.63, 3.8) is 0 Å². The summed E-state index contributed by atoms with van der Waals surface area (Å²) in [6, 6.07) is 11.6. The van der Waals surface area contributed by atoms with Gasteiger partial charge in [0.25, 0.3) is 0 Å². The molecule has 36 heavy (non-hydrogen) atoms. The Morgan fingerprint density at radius 1 is 0.861 bits per heavy atom. The Balaban J connectivity index is 1.72. The molecule has 0 unspecified atom stereocenters.